The highest BCUT2D eigenvalue weighted by atomic mass is 16.1. The van der Waals surface area contributed by atoms with Crippen LogP contribution in [0.4, 0.5) is 0 Å². The maximum Gasteiger partial charge on any atom is 0.220 e. The molecule has 1 aromatic rings. The topological polar surface area (TPSA) is 57.8 Å². The molecule has 1 amide bonds. The first-order chi connectivity index (χ1) is 5.84. The van der Waals surface area contributed by atoms with E-state index >= 15 is 0 Å². The molecule has 1 saturated heterocycles. The summed E-state index contributed by atoms with van der Waals surface area (Å²) in [5, 5.41) is 9.51. The molecule has 4 heteroatoms. The molecule has 1 aliphatic heterocycles. The number of nitrogens with one attached hydrogen (secondary N) is 2. The Labute approximate surface area is 70.4 Å². The summed E-state index contributed by atoms with van der Waals surface area (Å²) in [5.41, 5.74) is 1.15. The minimum atomic E-state index is 0.170. The van der Waals surface area contributed by atoms with Gasteiger partial charge in [0.15, 0.2) is 0 Å². The Morgan fingerprint density at radius 1 is 1.67 bits per heavy atom. The number of H-pyrrole nitrogens is 1. The lowest BCUT2D eigenvalue weighted by molar-refractivity contribution is -0.119. The molecule has 0 radical (unpaired) electrons. The highest BCUT2D eigenvalue weighted by molar-refractivity contribution is 5.78. The van der Waals surface area contributed by atoms with Crippen molar-refractivity contribution in [3.05, 3.63) is 18.0 Å². The van der Waals surface area contributed by atoms with E-state index < -0.39 is 0 Å². The van der Waals surface area contributed by atoms with Gasteiger partial charge in [0.05, 0.1) is 6.20 Å². The van der Waals surface area contributed by atoms with Crippen molar-refractivity contribution >= 4 is 5.91 Å². The normalized spacial score (nSPS) is 22.7. The molecule has 0 bridgehead atoms. The smallest absolute Gasteiger partial charge is 0.220 e. The van der Waals surface area contributed by atoms with Crippen molar-refractivity contribution < 1.29 is 4.79 Å². The van der Waals surface area contributed by atoms with Crippen LogP contribution in [0.3, 0.4) is 0 Å². The van der Waals surface area contributed by atoms with Gasteiger partial charge < -0.3 is 5.32 Å². The van der Waals surface area contributed by atoms with Crippen LogP contribution in [-0.4, -0.2) is 22.1 Å². The summed E-state index contributed by atoms with van der Waals surface area (Å²) in [4.78, 5) is 10.8. The van der Waals surface area contributed by atoms with Crippen LogP contribution in [0.25, 0.3) is 0 Å². The molecule has 1 atom stereocenters. The van der Waals surface area contributed by atoms with Gasteiger partial charge in [-0.05, 0) is 18.4 Å². The summed E-state index contributed by atoms with van der Waals surface area (Å²) in [6, 6.07) is 0.315. The lowest BCUT2D eigenvalue weighted by atomic mass is 10.1. The number of hydrogen-bond donors (Lipinski definition) is 2. The van der Waals surface area contributed by atoms with Crippen LogP contribution in [0, 0.1) is 0 Å². The standard InChI is InChI=1S/C8H11N3O/c12-8-2-1-7(11-8)3-6-4-9-10-5-6/h4-5,7H,1-3H2,(H,9,10)(H,11,12). The van der Waals surface area contributed by atoms with Gasteiger partial charge in [0.25, 0.3) is 0 Å². The first-order valence-electron chi connectivity index (χ1n) is 4.11. The zero-order valence-corrected chi connectivity index (χ0v) is 6.71. The van der Waals surface area contributed by atoms with Crippen molar-refractivity contribution in [3.8, 4) is 0 Å². The van der Waals surface area contributed by atoms with E-state index in [1.54, 1.807) is 6.20 Å². The van der Waals surface area contributed by atoms with Gasteiger partial charge in [0.2, 0.25) is 5.91 Å². The zero-order valence-electron chi connectivity index (χ0n) is 6.71. The molecule has 2 N–H and O–H groups in total. The number of carbonyl (C=O) groups is 1. The fourth-order valence-corrected chi connectivity index (χ4v) is 1.50. The monoisotopic (exact) mass is 165 g/mol. The molecule has 1 aromatic heterocycles. The summed E-state index contributed by atoms with van der Waals surface area (Å²) in [6.45, 7) is 0. The predicted molar refractivity (Wildman–Crippen MR) is 43.5 cm³/mol. The van der Waals surface area contributed by atoms with E-state index in [0.29, 0.717) is 12.5 Å². The summed E-state index contributed by atoms with van der Waals surface area (Å²) >= 11 is 0. The molecule has 0 aromatic carbocycles. The Morgan fingerprint density at radius 2 is 2.58 bits per heavy atom. The number of aromatic nitrogens is 2. The molecule has 12 heavy (non-hydrogen) atoms. The molecule has 1 aliphatic rings. The molecule has 0 spiro atoms. The van der Waals surface area contributed by atoms with Crippen molar-refractivity contribution in [2.45, 2.75) is 25.3 Å². The van der Waals surface area contributed by atoms with Crippen LogP contribution in [-0.2, 0) is 11.2 Å². The Balaban J connectivity index is 1.92. The minimum Gasteiger partial charge on any atom is -0.353 e. The Bertz CT molecular complexity index is 268. The summed E-state index contributed by atoms with van der Waals surface area (Å²) in [6.07, 6.45) is 6.17. The SMILES string of the molecule is O=C1CCC(Cc2cn[nH]c2)N1. The van der Waals surface area contributed by atoms with Gasteiger partial charge in [0.1, 0.15) is 0 Å². The van der Waals surface area contributed by atoms with Gasteiger partial charge >= 0.3 is 0 Å². The minimum absolute atomic E-state index is 0.170. The number of amides is 1. The molecule has 0 aliphatic carbocycles. The van der Waals surface area contributed by atoms with E-state index in [4.69, 9.17) is 0 Å². The van der Waals surface area contributed by atoms with Gasteiger partial charge in [-0.25, -0.2) is 0 Å². The lowest BCUT2D eigenvalue weighted by Crippen LogP contribution is -2.26. The van der Waals surface area contributed by atoms with Crippen LogP contribution in [0.15, 0.2) is 12.4 Å². The summed E-state index contributed by atoms with van der Waals surface area (Å²) in [5.74, 6) is 0.170. The second kappa shape index (κ2) is 2.97. The van der Waals surface area contributed by atoms with Crippen molar-refractivity contribution in [2.75, 3.05) is 0 Å². The molecule has 1 fully saturated rings. The van der Waals surface area contributed by atoms with Gasteiger partial charge in [-0.1, -0.05) is 0 Å². The van der Waals surface area contributed by atoms with Crippen molar-refractivity contribution in [3.63, 3.8) is 0 Å². The van der Waals surface area contributed by atoms with Crippen LogP contribution < -0.4 is 5.32 Å². The first-order valence-corrected chi connectivity index (χ1v) is 4.11. The molecule has 64 valence electrons. The largest absolute Gasteiger partial charge is 0.353 e. The molecular formula is C8H11N3O. The average Bonchev–Trinajstić information content (AvgIpc) is 2.63. The number of aromatic amines is 1. The molecular weight excluding hydrogens is 154 g/mol. The molecule has 0 saturated carbocycles. The summed E-state index contributed by atoms with van der Waals surface area (Å²) in [7, 11) is 0. The quantitative estimate of drug-likeness (QED) is 0.659. The predicted octanol–water partition coefficient (Wildman–Crippen LogP) is 0.231. The number of hydrogen-bond acceptors (Lipinski definition) is 2. The molecule has 4 nitrogen and oxygen atoms in total. The van der Waals surface area contributed by atoms with Crippen LogP contribution in [0.2, 0.25) is 0 Å². The fraction of sp³-hybridized carbons (Fsp3) is 0.500. The third-order valence-electron chi connectivity index (χ3n) is 2.12. The summed E-state index contributed by atoms with van der Waals surface area (Å²) < 4.78 is 0. The second-order valence-corrected chi connectivity index (χ2v) is 3.11. The molecule has 2 heterocycles. The third-order valence-corrected chi connectivity index (χ3v) is 2.12. The zero-order chi connectivity index (χ0) is 8.39. The number of rotatable bonds is 2. The fourth-order valence-electron chi connectivity index (χ4n) is 1.50. The van der Waals surface area contributed by atoms with E-state index in [2.05, 4.69) is 15.5 Å². The average molecular weight is 165 g/mol. The highest BCUT2D eigenvalue weighted by Gasteiger charge is 2.20. The molecule has 1 unspecified atom stereocenters. The number of carbonyl (C=O) groups excluding carboxylic acids is 1. The van der Waals surface area contributed by atoms with Gasteiger partial charge in [0, 0.05) is 18.7 Å². The maximum atomic E-state index is 10.8. The van der Waals surface area contributed by atoms with Crippen LogP contribution >= 0.6 is 0 Å². The van der Waals surface area contributed by atoms with E-state index in [9.17, 15) is 4.79 Å². The second-order valence-electron chi connectivity index (χ2n) is 3.11. The van der Waals surface area contributed by atoms with Crippen molar-refractivity contribution in [1.29, 1.82) is 0 Å². The Hall–Kier alpha value is -1.32. The van der Waals surface area contributed by atoms with Crippen LogP contribution in [0.1, 0.15) is 18.4 Å². The maximum absolute atomic E-state index is 10.8. The van der Waals surface area contributed by atoms with E-state index in [1.165, 1.54) is 0 Å². The van der Waals surface area contributed by atoms with Gasteiger partial charge in [-0.15, -0.1) is 0 Å². The van der Waals surface area contributed by atoms with Crippen LogP contribution in [0.5, 0.6) is 0 Å². The van der Waals surface area contributed by atoms with E-state index in [1.807, 2.05) is 6.20 Å². The van der Waals surface area contributed by atoms with Gasteiger partial charge in [-0.2, -0.15) is 5.10 Å². The first kappa shape index (κ1) is 7.34. The van der Waals surface area contributed by atoms with Crippen molar-refractivity contribution in [2.24, 2.45) is 0 Å². The Morgan fingerprint density at radius 3 is 3.17 bits per heavy atom. The Kier molecular flexibility index (Phi) is 1.81. The molecule has 2 rings (SSSR count). The number of nitrogens with zero attached hydrogens (tertiary/aromatic N) is 1. The van der Waals surface area contributed by atoms with Gasteiger partial charge in [-0.3, -0.25) is 9.89 Å². The third kappa shape index (κ3) is 1.47. The van der Waals surface area contributed by atoms with E-state index in [0.717, 1.165) is 18.4 Å². The lowest BCUT2D eigenvalue weighted by Gasteiger charge is -2.06. The van der Waals surface area contributed by atoms with E-state index in [-0.39, 0.29) is 5.91 Å². The van der Waals surface area contributed by atoms with Crippen molar-refractivity contribution in [1.82, 2.24) is 15.5 Å². The highest BCUT2D eigenvalue weighted by Crippen LogP contribution is 2.11.